The zero-order valence-corrected chi connectivity index (χ0v) is 23.3. The number of phenolic OH excluding ortho intramolecular Hbond substituents is 1. The molecule has 9 heteroatoms. The summed E-state index contributed by atoms with van der Waals surface area (Å²) in [5, 5.41) is 27.1. The van der Waals surface area contributed by atoms with Crippen molar-refractivity contribution in [1.29, 1.82) is 0 Å². The third-order valence-corrected chi connectivity index (χ3v) is 8.28. The number of hydrogen-bond donors (Lipinski definition) is 4. The van der Waals surface area contributed by atoms with Crippen LogP contribution in [0.1, 0.15) is 49.2 Å². The average molecular weight is 540 g/mol. The minimum absolute atomic E-state index is 0.0211. The molecule has 1 heterocycles. The lowest BCUT2D eigenvalue weighted by molar-refractivity contribution is -0.147. The summed E-state index contributed by atoms with van der Waals surface area (Å²) in [5.74, 6) is -1.22. The Kier molecular flexibility index (Phi) is 9.62. The fraction of sp³-hybridized carbons (Fsp3) is 0.414. The highest BCUT2D eigenvalue weighted by atomic mass is 32.2. The van der Waals surface area contributed by atoms with Gasteiger partial charge in [-0.25, -0.2) is 0 Å². The van der Waals surface area contributed by atoms with Crippen LogP contribution in [0.25, 0.3) is 0 Å². The molecule has 1 saturated heterocycles. The van der Waals surface area contributed by atoms with Crippen molar-refractivity contribution in [2.75, 3.05) is 12.4 Å². The van der Waals surface area contributed by atoms with Crippen LogP contribution >= 0.6 is 11.8 Å². The summed E-state index contributed by atoms with van der Waals surface area (Å²) in [6.45, 7) is 9.60. The number of allylic oxidation sites excluding steroid dienone is 1. The van der Waals surface area contributed by atoms with Crippen LogP contribution < -0.4 is 10.6 Å². The number of rotatable bonds is 9. The summed E-state index contributed by atoms with van der Waals surface area (Å²) in [6.07, 6.45) is 0.505. The molecule has 0 aromatic heterocycles. The van der Waals surface area contributed by atoms with Crippen molar-refractivity contribution in [1.82, 2.24) is 15.5 Å². The maximum atomic E-state index is 13.7. The highest BCUT2D eigenvalue weighted by Gasteiger charge is 2.49. The molecule has 1 aliphatic rings. The maximum Gasteiger partial charge on any atom is 0.254 e. The SMILES string of the molecule is C/C=C(/C)CNC(=O)[C@H]1N(C(=O)[C@@H](O)[C@H](Cc2ccccc2)NC(=O)c2cccc(O)c2C)CSC1(C)C. The summed E-state index contributed by atoms with van der Waals surface area (Å²) >= 11 is 1.46. The van der Waals surface area contributed by atoms with Crippen LogP contribution in [0.2, 0.25) is 0 Å². The smallest absolute Gasteiger partial charge is 0.254 e. The number of amides is 3. The third kappa shape index (κ3) is 6.76. The van der Waals surface area contributed by atoms with E-state index < -0.39 is 34.7 Å². The van der Waals surface area contributed by atoms with Crippen molar-refractivity contribution in [3.8, 4) is 5.75 Å². The number of carbonyl (C=O) groups is 3. The number of hydrogen-bond acceptors (Lipinski definition) is 6. The highest BCUT2D eigenvalue weighted by molar-refractivity contribution is 8.00. The molecule has 4 N–H and O–H groups in total. The molecule has 1 aliphatic heterocycles. The van der Waals surface area contributed by atoms with Gasteiger partial charge in [-0.15, -0.1) is 11.8 Å². The average Bonchev–Trinajstić information content (AvgIpc) is 3.22. The van der Waals surface area contributed by atoms with Gasteiger partial charge in [0, 0.05) is 22.4 Å². The number of phenols is 1. The van der Waals surface area contributed by atoms with Gasteiger partial charge in [0.25, 0.3) is 11.8 Å². The number of thioether (sulfide) groups is 1. The van der Waals surface area contributed by atoms with Crippen LogP contribution in [-0.2, 0) is 16.0 Å². The first-order chi connectivity index (χ1) is 18.0. The van der Waals surface area contributed by atoms with E-state index in [1.165, 1.54) is 22.7 Å². The third-order valence-electron chi connectivity index (χ3n) is 6.91. The van der Waals surface area contributed by atoms with E-state index in [4.69, 9.17) is 0 Å². The summed E-state index contributed by atoms with van der Waals surface area (Å²) in [6, 6.07) is 12.1. The normalized spacial score (nSPS) is 18.5. The molecular formula is C29H37N3O5S. The lowest BCUT2D eigenvalue weighted by atomic mass is 9.96. The largest absolute Gasteiger partial charge is 0.508 e. The second-order valence-electron chi connectivity index (χ2n) is 10.1. The number of benzene rings is 2. The number of aliphatic hydroxyl groups excluding tert-OH is 1. The zero-order chi connectivity index (χ0) is 28.0. The molecule has 0 radical (unpaired) electrons. The topological polar surface area (TPSA) is 119 Å². The van der Waals surface area contributed by atoms with Gasteiger partial charge in [-0.05, 0) is 58.7 Å². The number of aromatic hydroxyl groups is 1. The van der Waals surface area contributed by atoms with E-state index in [2.05, 4.69) is 10.6 Å². The Bertz CT molecular complexity index is 1200. The first-order valence-electron chi connectivity index (χ1n) is 12.6. The predicted octanol–water partition coefficient (Wildman–Crippen LogP) is 3.17. The van der Waals surface area contributed by atoms with Gasteiger partial charge in [0.2, 0.25) is 5.91 Å². The fourth-order valence-electron chi connectivity index (χ4n) is 4.41. The Morgan fingerprint density at radius 3 is 2.50 bits per heavy atom. The maximum absolute atomic E-state index is 13.7. The molecule has 0 unspecified atom stereocenters. The molecule has 0 aliphatic carbocycles. The fourth-order valence-corrected chi connectivity index (χ4v) is 5.55. The first kappa shape index (κ1) is 29.3. The van der Waals surface area contributed by atoms with E-state index in [-0.39, 0.29) is 29.5 Å². The van der Waals surface area contributed by atoms with Crippen LogP contribution in [0.3, 0.4) is 0 Å². The second-order valence-corrected chi connectivity index (χ2v) is 11.7. The summed E-state index contributed by atoms with van der Waals surface area (Å²) < 4.78 is -0.569. The molecule has 3 amide bonds. The number of nitrogens with one attached hydrogen (secondary N) is 2. The number of nitrogens with zero attached hydrogens (tertiary/aromatic N) is 1. The van der Waals surface area contributed by atoms with Crippen molar-refractivity contribution in [3.05, 3.63) is 76.9 Å². The first-order valence-corrected chi connectivity index (χ1v) is 13.6. The molecule has 0 bridgehead atoms. The number of carbonyl (C=O) groups excluding carboxylic acids is 3. The summed E-state index contributed by atoms with van der Waals surface area (Å²) in [5.41, 5.74) is 2.46. The minimum atomic E-state index is -1.60. The molecule has 38 heavy (non-hydrogen) atoms. The molecule has 0 spiro atoms. The van der Waals surface area contributed by atoms with Gasteiger partial charge >= 0.3 is 0 Å². The Morgan fingerprint density at radius 2 is 1.84 bits per heavy atom. The van der Waals surface area contributed by atoms with Gasteiger partial charge in [0.15, 0.2) is 6.10 Å². The van der Waals surface area contributed by atoms with Crippen molar-refractivity contribution < 1.29 is 24.6 Å². The molecular weight excluding hydrogens is 502 g/mol. The summed E-state index contributed by atoms with van der Waals surface area (Å²) in [4.78, 5) is 41.5. The van der Waals surface area contributed by atoms with Crippen molar-refractivity contribution in [2.24, 2.45) is 0 Å². The molecule has 204 valence electrons. The highest BCUT2D eigenvalue weighted by Crippen LogP contribution is 2.40. The molecule has 0 saturated carbocycles. The molecule has 1 fully saturated rings. The molecule has 2 aromatic rings. The van der Waals surface area contributed by atoms with Gasteiger partial charge in [0.05, 0.1) is 11.9 Å². The van der Waals surface area contributed by atoms with Gasteiger partial charge in [0.1, 0.15) is 11.8 Å². The lowest BCUT2D eigenvalue weighted by Crippen LogP contribution is -2.58. The predicted molar refractivity (Wildman–Crippen MR) is 150 cm³/mol. The van der Waals surface area contributed by atoms with E-state index in [0.29, 0.717) is 12.1 Å². The summed E-state index contributed by atoms with van der Waals surface area (Å²) in [7, 11) is 0. The molecule has 3 atom stereocenters. The Morgan fingerprint density at radius 1 is 1.16 bits per heavy atom. The van der Waals surface area contributed by atoms with Gasteiger partial charge < -0.3 is 25.7 Å². The van der Waals surface area contributed by atoms with Gasteiger partial charge in [-0.2, -0.15) is 0 Å². The van der Waals surface area contributed by atoms with Crippen LogP contribution in [0.15, 0.2) is 60.2 Å². The Balaban J connectivity index is 1.87. The van der Waals surface area contributed by atoms with E-state index in [0.717, 1.165) is 11.1 Å². The molecule has 3 rings (SSSR count). The standard InChI is InChI=1S/C29H37N3O5S/c1-6-18(2)16-30-27(36)25-29(4,5)38-17-32(25)28(37)24(34)22(15-20-11-8-7-9-12-20)31-26(35)21-13-10-14-23(33)19(21)3/h6-14,22,24-25,33-34H,15-17H2,1-5H3,(H,30,36)(H,31,35)/b18-6-/t22-,24-,25+/m0/s1. The van der Waals surface area contributed by atoms with E-state index >= 15 is 0 Å². The monoisotopic (exact) mass is 539 g/mol. The minimum Gasteiger partial charge on any atom is -0.508 e. The van der Waals surface area contributed by atoms with Crippen LogP contribution in [-0.4, -0.2) is 68.2 Å². The van der Waals surface area contributed by atoms with Crippen LogP contribution in [0.4, 0.5) is 0 Å². The van der Waals surface area contributed by atoms with E-state index in [1.54, 1.807) is 19.1 Å². The van der Waals surface area contributed by atoms with Crippen LogP contribution in [0, 0.1) is 6.92 Å². The Hall–Kier alpha value is -3.30. The lowest BCUT2D eigenvalue weighted by Gasteiger charge is -2.33. The second kappa shape index (κ2) is 12.5. The van der Waals surface area contributed by atoms with Gasteiger partial charge in [-0.1, -0.05) is 48.0 Å². The van der Waals surface area contributed by atoms with Crippen molar-refractivity contribution in [3.63, 3.8) is 0 Å². The molecule has 8 nitrogen and oxygen atoms in total. The van der Waals surface area contributed by atoms with Crippen molar-refractivity contribution in [2.45, 2.75) is 64.0 Å². The van der Waals surface area contributed by atoms with E-state index in [9.17, 15) is 24.6 Å². The number of aliphatic hydroxyl groups is 1. The van der Waals surface area contributed by atoms with E-state index in [1.807, 2.05) is 64.1 Å². The van der Waals surface area contributed by atoms with Crippen molar-refractivity contribution >= 4 is 29.5 Å². The molecule has 2 aromatic carbocycles. The van der Waals surface area contributed by atoms with Gasteiger partial charge in [-0.3, -0.25) is 14.4 Å². The zero-order valence-electron chi connectivity index (χ0n) is 22.5. The van der Waals surface area contributed by atoms with Crippen LogP contribution in [0.5, 0.6) is 5.75 Å². The Labute approximate surface area is 228 Å². The quantitative estimate of drug-likeness (QED) is 0.364.